The second-order valence-corrected chi connectivity index (χ2v) is 3.36. The third-order valence-electron chi connectivity index (χ3n) is 2.49. The van der Waals surface area contributed by atoms with E-state index in [9.17, 15) is 4.79 Å². The lowest BCUT2D eigenvalue weighted by atomic mass is 10.2. The first-order valence-corrected chi connectivity index (χ1v) is 4.36. The summed E-state index contributed by atoms with van der Waals surface area (Å²) in [6.45, 7) is 2.83. The van der Waals surface area contributed by atoms with Gasteiger partial charge in [-0.2, -0.15) is 0 Å². The van der Waals surface area contributed by atoms with Gasteiger partial charge in [0.05, 0.1) is 12.7 Å². The van der Waals surface area contributed by atoms with E-state index in [4.69, 9.17) is 0 Å². The van der Waals surface area contributed by atoms with Crippen LogP contribution in [0, 0.1) is 0 Å². The number of nitrogens with zero attached hydrogens (tertiary/aromatic N) is 1. The molecule has 0 bridgehead atoms. The third-order valence-corrected chi connectivity index (χ3v) is 2.49. The second-order valence-electron chi connectivity index (χ2n) is 3.36. The largest absolute Gasteiger partial charge is 0.326 e. The molecule has 1 saturated carbocycles. The van der Waals surface area contributed by atoms with Crippen LogP contribution in [0.1, 0.15) is 26.2 Å². The molecule has 0 aromatic carbocycles. The Morgan fingerprint density at radius 1 is 1.64 bits per heavy atom. The molecule has 1 saturated heterocycles. The summed E-state index contributed by atoms with van der Waals surface area (Å²) in [6.07, 6.45) is 3.34. The lowest BCUT2D eigenvalue weighted by Gasteiger charge is -2.12. The molecular formula is C8H14N2O. The highest BCUT2D eigenvalue weighted by Gasteiger charge is 2.39. The molecule has 1 amide bonds. The van der Waals surface area contributed by atoms with Gasteiger partial charge in [0.15, 0.2) is 0 Å². The van der Waals surface area contributed by atoms with Crippen molar-refractivity contribution in [1.29, 1.82) is 0 Å². The number of rotatable bonds is 2. The van der Waals surface area contributed by atoms with Gasteiger partial charge in [0, 0.05) is 6.04 Å². The average molecular weight is 154 g/mol. The summed E-state index contributed by atoms with van der Waals surface area (Å²) >= 11 is 0. The molecule has 11 heavy (non-hydrogen) atoms. The summed E-state index contributed by atoms with van der Waals surface area (Å²) in [6, 6.07) is 0.683. The van der Waals surface area contributed by atoms with Gasteiger partial charge < -0.3 is 4.90 Å². The van der Waals surface area contributed by atoms with Crippen LogP contribution in [0.4, 0.5) is 0 Å². The maximum Gasteiger partial charge on any atom is 0.241 e. The number of amides is 1. The molecule has 0 aromatic rings. The molecular weight excluding hydrogens is 140 g/mol. The minimum Gasteiger partial charge on any atom is -0.326 e. The standard InChI is InChI=1S/C8H14N2O/c1-2-7-8(11)10(5-9-7)6-3-4-6/h6-7,9H,2-5H2,1H3. The maximum atomic E-state index is 11.5. The fourth-order valence-electron chi connectivity index (χ4n) is 1.59. The summed E-state index contributed by atoms with van der Waals surface area (Å²) in [4.78, 5) is 13.5. The molecule has 62 valence electrons. The van der Waals surface area contributed by atoms with Crippen molar-refractivity contribution in [3.63, 3.8) is 0 Å². The van der Waals surface area contributed by atoms with Gasteiger partial charge in [0.2, 0.25) is 5.91 Å². The van der Waals surface area contributed by atoms with Crippen molar-refractivity contribution >= 4 is 5.91 Å². The van der Waals surface area contributed by atoms with Gasteiger partial charge in [-0.1, -0.05) is 6.92 Å². The van der Waals surface area contributed by atoms with Gasteiger partial charge in [-0.15, -0.1) is 0 Å². The molecule has 1 aliphatic carbocycles. The van der Waals surface area contributed by atoms with E-state index >= 15 is 0 Å². The molecule has 0 spiro atoms. The Hall–Kier alpha value is -0.570. The summed E-state index contributed by atoms with van der Waals surface area (Å²) < 4.78 is 0. The minimum atomic E-state index is 0.107. The van der Waals surface area contributed by atoms with E-state index in [0.29, 0.717) is 11.9 Å². The second kappa shape index (κ2) is 2.48. The van der Waals surface area contributed by atoms with Crippen LogP contribution in [0.2, 0.25) is 0 Å². The quantitative estimate of drug-likeness (QED) is 0.621. The van der Waals surface area contributed by atoms with E-state index in [1.54, 1.807) is 0 Å². The van der Waals surface area contributed by atoms with Gasteiger partial charge in [-0.3, -0.25) is 10.1 Å². The van der Waals surface area contributed by atoms with Gasteiger partial charge >= 0.3 is 0 Å². The maximum absolute atomic E-state index is 11.5. The lowest BCUT2D eigenvalue weighted by molar-refractivity contribution is -0.129. The highest BCUT2D eigenvalue weighted by molar-refractivity contribution is 5.84. The molecule has 1 unspecified atom stereocenters. The first-order chi connectivity index (χ1) is 5.33. The molecule has 0 radical (unpaired) electrons. The zero-order valence-electron chi connectivity index (χ0n) is 6.84. The van der Waals surface area contributed by atoms with Gasteiger partial charge in [0.1, 0.15) is 0 Å². The summed E-state index contributed by atoms with van der Waals surface area (Å²) in [5.41, 5.74) is 0. The van der Waals surface area contributed by atoms with Crippen LogP contribution in [-0.4, -0.2) is 29.6 Å². The van der Waals surface area contributed by atoms with E-state index in [0.717, 1.165) is 13.1 Å². The molecule has 0 aromatic heterocycles. The zero-order chi connectivity index (χ0) is 7.84. The zero-order valence-corrected chi connectivity index (χ0v) is 6.84. The molecule has 2 aliphatic rings. The van der Waals surface area contributed by atoms with Gasteiger partial charge in [-0.05, 0) is 19.3 Å². The van der Waals surface area contributed by atoms with E-state index in [1.165, 1.54) is 12.8 Å². The summed E-state index contributed by atoms with van der Waals surface area (Å²) in [5.74, 6) is 0.315. The fraction of sp³-hybridized carbons (Fsp3) is 0.875. The van der Waals surface area contributed by atoms with Crippen LogP contribution in [0.3, 0.4) is 0 Å². The van der Waals surface area contributed by atoms with Crippen LogP contribution in [0.5, 0.6) is 0 Å². The Labute approximate surface area is 66.8 Å². The molecule has 3 nitrogen and oxygen atoms in total. The van der Waals surface area contributed by atoms with Crippen molar-refractivity contribution in [2.24, 2.45) is 0 Å². The SMILES string of the molecule is CCC1NCN(C2CC2)C1=O. The van der Waals surface area contributed by atoms with Gasteiger partial charge in [-0.25, -0.2) is 0 Å². The van der Waals surface area contributed by atoms with E-state index in [1.807, 2.05) is 11.8 Å². The molecule has 3 heteroatoms. The smallest absolute Gasteiger partial charge is 0.241 e. The lowest BCUT2D eigenvalue weighted by Crippen LogP contribution is -2.31. The highest BCUT2D eigenvalue weighted by atomic mass is 16.2. The first kappa shape index (κ1) is 7.10. The van der Waals surface area contributed by atoms with Crippen molar-refractivity contribution in [3.8, 4) is 0 Å². The fourth-order valence-corrected chi connectivity index (χ4v) is 1.59. The molecule has 1 heterocycles. The number of hydrogen-bond acceptors (Lipinski definition) is 2. The van der Waals surface area contributed by atoms with Crippen LogP contribution in [-0.2, 0) is 4.79 Å². The minimum absolute atomic E-state index is 0.107. The predicted molar refractivity (Wildman–Crippen MR) is 41.9 cm³/mol. The highest BCUT2D eigenvalue weighted by Crippen LogP contribution is 2.28. The Morgan fingerprint density at radius 3 is 2.82 bits per heavy atom. The Balaban J connectivity index is 1.99. The van der Waals surface area contributed by atoms with Gasteiger partial charge in [0.25, 0.3) is 0 Å². The van der Waals surface area contributed by atoms with Crippen LogP contribution in [0.25, 0.3) is 0 Å². The van der Waals surface area contributed by atoms with Crippen molar-refractivity contribution in [2.75, 3.05) is 6.67 Å². The van der Waals surface area contributed by atoms with E-state index in [-0.39, 0.29) is 6.04 Å². The normalized spacial score (nSPS) is 31.5. The number of nitrogens with one attached hydrogen (secondary N) is 1. The molecule has 1 atom stereocenters. The van der Waals surface area contributed by atoms with Crippen LogP contribution >= 0.6 is 0 Å². The third kappa shape index (κ3) is 1.13. The predicted octanol–water partition coefficient (Wildman–Crippen LogP) is 0.317. The molecule has 1 aliphatic heterocycles. The topological polar surface area (TPSA) is 32.3 Å². The Bertz CT molecular complexity index is 177. The molecule has 2 fully saturated rings. The molecule has 2 rings (SSSR count). The average Bonchev–Trinajstić information content (AvgIpc) is 2.77. The van der Waals surface area contributed by atoms with Crippen molar-refractivity contribution in [2.45, 2.75) is 38.3 Å². The van der Waals surface area contributed by atoms with Crippen LogP contribution < -0.4 is 5.32 Å². The van der Waals surface area contributed by atoms with Crippen LogP contribution in [0.15, 0.2) is 0 Å². The van der Waals surface area contributed by atoms with E-state index in [2.05, 4.69) is 5.32 Å². The number of carbonyl (C=O) groups is 1. The van der Waals surface area contributed by atoms with Crippen molar-refractivity contribution in [3.05, 3.63) is 0 Å². The molecule has 1 N–H and O–H groups in total. The Morgan fingerprint density at radius 2 is 2.36 bits per heavy atom. The summed E-state index contributed by atoms with van der Waals surface area (Å²) in [5, 5.41) is 3.20. The van der Waals surface area contributed by atoms with Crippen molar-refractivity contribution in [1.82, 2.24) is 10.2 Å². The number of carbonyl (C=O) groups excluding carboxylic acids is 1. The number of hydrogen-bond donors (Lipinski definition) is 1. The summed E-state index contributed by atoms with van der Waals surface area (Å²) in [7, 11) is 0. The monoisotopic (exact) mass is 154 g/mol. The first-order valence-electron chi connectivity index (χ1n) is 4.36. The van der Waals surface area contributed by atoms with E-state index < -0.39 is 0 Å². The Kier molecular flexibility index (Phi) is 1.60. The van der Waals surface area contributed by atoms with Crippen molar-refractivity contribution < 1.29 is 4.79 Å².